The van der Waals surface area contributed by atoms with E-state index in [1.165, 1.54) is 18.7 Å². The second-order valence-electron chi connectivity index (χ2n) is 3.18. The Hall–Kier alpha value is -1.64. The van der Waals surface area contributed by atoms with E-state index in [0.29, 0.717) is 5.56 Å². The highest BCUT2D eigenvalue weighted by Gasteiger charge is 2.06. The molecule has 0 radical (unpaired) electrons. The molecule has 3 nitrogen and oxygen atoms in total. The highest BCUT2D eigenvalue weighted by molar-refractivity contribution is 5.97. The monoisotopic (exact) mass is 221 g/mol. The van der Waals surface area contributed by atoms with Crippen LogP contribution < -0.4 is 4.90 Å². The number of amides is 1. The Bertz CT molecular complexity index is 372. The molecule has 0 aliphatic carbocycles. The second kappa shape index (κ2) is 6.77. The third-order valence-electron chi connectivity index (χ3n) is 2.11. The minimum atomic E-state index is -0.0503. The van der Waals surface area contributed by atoms with Crippen LogP contribution in [0.4, 0.5) is 5.69 Å². The smallest absolute Gasteiger partial charge is 0.223 e. The summed E-state index contributed by atoms with van der Waals surface area (Å²) >= 11 is 0. The Morgan fingerprint density at radius 2 is 1.69 bits per heavy atom. The number of nitrogens with zero attached hydrogens (tertiary/aromatic N) is 1. The zero-order chi connectivity index (χ0) is 12.7. The number of carbonyl (C=O) groups is 2. The normalized spacial score (nSPS) is 8.81. The number of benzene rings is 1. The first kappa shape index (κ1) is 14.4. The standard InChI is InChI=1S/C11H13NO2.C2H6/c1-8(13)10-5-4-6-11(7-10)12(3)9(2)14;1-2/h4-7H,1-3H3;1-2H3. The van der Waals surface area contributed by atoms with Gasteiger partial charge in [-0.25, -0.2) is 0 Å². The Balaban J connectivity index is 0.00000106. The first-order chi connectivity index (χ1) is 7.52. The maximum Gasteiger partial charge on any atom is 0.223 e. The Morgan fingerprint density at radius 1 is 1.12 bits per heavy atom. The summed E-state index contributed by atoms with van der Waals surface area (Å²) in [7, 11) is 1.68. The molecule has 0 spiro atoms. The lowest BCUT2D eigenvalue weighted by molar-refractivity contribution is -0.116. The van der Waals surface area contributed by atoms with E-state index >= 15 is 0 Å². The number of anilines is 1. The molecular formula is C13H19NO2. The summed E-state index contributed by atoms with van der Waals surface area (Å²) in [6, 6.07) is 7.02. The number of hydrogen-bond acceptors (Lipinski definition) is 2. The van der Waals surface area contributed by atoms with Crippen molar-refractivity contribution in [2.24, 2.45) is 0 Å². The predicted molar refractivity (Wildman–Crippen MR) is 66.9 cm³/mol. The van der Waals surface area contributed by atoms with Gasteiger partial charge in [-0.15, -0.1) is 0 Å². The van der Waals surface area contributed by atoms with Crippen LogP contribution in [0.1, 0.15) is 38.1 Å². The zero-order valence-corrected chi connectivity index (χ0v) is 10.6. The van der Waals surface area contributed by atoms with Gasteiger partial charge in [-0.1, -0.05) is 26.0 Å². The molecule has 1 aromatic carbocycles. The SMILES string of the molecule is CC.CC(=O)c1cccc(N(C)C(C)=O)c1. The molecule has 0 atom stereocenters. The van der Waals surface area contributed by atoms with Crippen LogP contribution in [0.15, 0.2) is 24.3 Å². The summed E-state index contributed by atoms with van der Waals surface area (Å²) in [4.78, 5) is 23.7. The van der Waals surface area contributed by atoms with Gasteiger partial charge in [-0.2, -0.15) is 0 Å². The molecule has 3 heteroatoms. The fourth-order valence-corrected chi connectivity index (χ4v) is 1.12. The van der Waals surface area contributed by atoms with Crippen molar-refractivity contribution >= 4 is 17.4 Å². The first-order valence-corrected chi connectivity index (χ1v) is 5.37. The van der Waals surface area contributed by atoms with E-state index in [9.17, 15) is 9.59 Å². The van der Waals surface area contributed by atoms with E-state index < -0.39 is 0 Å². The van der Waals surface area contributed by atoms with Crippen LogP contribution in [-0.2, 0) is 4.79 Å². The zero-order valence-electron chi connectivity index (χ0n) is 10.6. The summed E-state index contributed by atoms with van der Waals surface area (Å²) < 4.78 is 0. The fraction of sp³-hybridized carbons (Fsp3) is 0.385. The third-order valence-corrected chi connectivity index (χ3v) is 2.11. The van der Waals surface area contributed by atoms with Gasteiger partial charge in [0.05, 0.1) is 0 Å². The number of carbonyl (C=O) groups excluding carboxylic acids is 2. The van der Waals surface area contributed by atoms with Gasteiger partial charge in [0.2, 0.25) is 5.91 Å². The van der Waals surface area contributed by atoms with Crippen LogP contribution in [0, 0.1) is 0 Å². The number of hydrogen-bond donors (Lipinski definition) is 0. The van der Waals surface area contributed by atoms with Gasteiger partial charge in [0, 0.05) is 25.2 Å². The van der Waals surface area contributed by atoms with Gasteiger partial charge >= 0.3 is 0 Å². The molecule has 16 heavy (non-hydrogen) atoms. The lowest BCUT2D eigenvalue weighted by Gasteiger charge is -2.15. The van der Waals surface area contributed by atoms with Gasteiger partial charge in [-0.3, -0.25) is 9.59 Å². The predicted octanol–water partition coefficient (Wildman–Crippen LogP) is 2.90. The Morgan fingerprint density at radius 3 is 2.12 bits per heavy atom. The van der Waals surface area contributed by atoms with E-state index in [0.717, 1.165) is 5.69 Å². The highest BCUT2D eigenvalue weighted by atomic mass is 16.2. The summed E-state index contributed by atoms with van der Waals surface area (Å²) in [6.07, 6.45) is 0. The highest BCUT2D eigenvalue weighted by Crippen LogP contribution is 2.15. The molecule has 0 bridgehead atoms. The molecule has 0 aromatic heterocycles. The molecule has 0 unspecified atom stereocenters. The van der Waals surface area contributed by atoms with Gasteiger partial charge in [0.1, 0.15) is 0 Å². The summed E-state index contributed by atoms with van der Waals surface area (Å²) in [5.74, 6) is -0.0468. The maximum absolute atomic E-state index is 11.1. The van der Waals surface area contributed by atoms with Gasteiger partial charge in [-0.05, 0) is 19.1 Å². The van der Waals surface area contributed by atoms with Crippen LogP contribution in [0.5, 0.6) is 0 Å². The Kier molecular flexibility index (Phi) is 6.08. The van der Waals surface area contributed by atoms with Crippen molar-refractivity contribution < 1.29 is 9.59 Å². The molecule has 1 aromatic rings. The first-order valence-electron chi connectivity index (χ1n) is 5.37. The summed E-state index contributed by atoms with van der Waals surface area (Å²) in [5.41, 5.74) is 1.36. The minimum Gasteiger partial charge on any atom is -0.316 e. The molecule has 1 amide bonds. The topological polar surface area (TPSA) is 37.4 Å². The molecule has 0 heterocycles. The maximum atomic E-state index is 11.1. The van der Waals surface area contributed by atoms with Crippen LogP contribution in [0.3, 0.4) is 0 Å². The molecular weight excluding hydrogens is 202 g/mol. The second-order valence-corrected chi connectivity index (χ2v) is 3.18. The molecule has 0 saturated carbocycles. The fourth-order valence-electron chi connectivity index (χ4n) is 1.12. The van der Waals surface area contributed by atoms with Gasteiger partial charge < -0.3 is 4.90 Å². The van der Waals surface area contributed by atoms with Crippen LogP contribution in [0.2, 0.25) is 0 Å². The van der Waals surface area contributed by atoms with Gasteiger partial charge in [0.15, 0.2) is 5.78 Å². The number of ketones is 1. The van der Waals surface area contributed by atoms with Crippen LogP contribution in [0.25, 0.3) is 0 Å². The molecule has 0 fully saturated rings. The van der Waals surface area contributed by atoms with Crippen molar-refractivity contribution in [3.63, 3.8) is 0 Å². The van der Waals surface area contributed by atoms with Crippen molar-refractivity contribution in [3.8, 4) is 0 Å². The Labute approximate surface area is 97.1 Å². The molecule has 0 aliphatic rings. The molecule has 0 aliphatic heterocycles. The number of rotatable bonds is 2. The van der Waals surface area contributed by atoms with Crippen molar-refractivity contribution in [2.45, 2.75) is 27.7 Å². The molecule has 1 rings (SSSR count). The van der Waals surface area contributed by atoms with Crippen molar-refractivity contribution in [1.29, 1.82) is 0 Å². The van der Waals surface area contributed by atoms with Gasteiger partial charge in [0.25, 0.3) is 0 Å². The summed E-state index contributed by atoms with van der Waals surface area (Å²) in [6.45, 7) is 6.99. The van der Waals surface area contributed by atoms with Crippen molar-refractivity contribution in [3.05, 3.63) is 29.8 Å². The lowest BCUT2D eigenvalue weighted by atomic mass is 10.1. The van der Waals surface area contributed by atoms with E-state index in [4.69, 9.17) is 0 Å². The van der Waals surface area contributed by atoms with Crippen molar-refractivity contribution in [2.75, 3.05) is 11.9 Å². The molecule has 0 N–H and O–H groups in total. The average Bonchev–Trinajstić information content (AvgIpc) is 2.30. The molecule has 88 valence electrons. The van der Waals surface area contributed by atoms with E-state index in [1.54, 1.807) is 31.3 Å². The van der Waals surface area contributed by atoms with Crippen LogP contribution >= 0.6 is 0 Å². The third kappa shape index (κ3) is 3.85. The van der Waals surface area contributed by atoms with E-state index in [-0.39, 0.29) is 11.7 Å². The van der Waals surface area contributed by atoms with E-state index in [2.05, 4.69) is 0 Å². The quantitative estimate of drug-likeness (QED) is 0.720. The molecule has 0 saturated heterocycles. The average molecular weight is 221 g/mol. The summed E-state index contributed by atoms with van der Waals surface area (Å²) in [5, 5.41) is 0. The van der Waals surface area contributed by atoms with Crippen molar-refractivity contribution in [1.82, 2.24) is 0 Å². The van der Waals surface area contributed by atoms with E-state index in [1.807, 2.05) is 13.8 Å². The lowest BCUT2D eigenvalue weighted by Crippen LogP contribution is -2.22. The minimum absolute atomic E-state index is 0.00352. The largest absolute Gasteiger partial charge is 0.316 e. The number of Topliss-reactive ketones (excluding diaryl/α,β-unsaturated/α-hetero) is 1. The van der Waals surface area contributed by atoms with Crippen LogP contribution in [-0.4, -0.2) is 18.7 Å².